The van der Waals surface area contributed by atoms with Gasteiger partial charge >= 0.3 is 6.03 Å². The first-order valence-corrected chi connectivity index (χ1v) is 9.73. The summed E-state index contributed by atoms with van der Waals surface area (Å²) >= 11 is 0. The van der Waals surface area contributed by atoms with Gasteiger partial charge in [-0.15, -0.1) is 0 Å². The van der Waals surface area contributed by atoms with Gasteiger partial charge in [0.1, 0.15) is 5.82 Å². The molecule has 2 heterocycles. The van der Waals surface area contributed by atoms with Crippen molar-refractivity contribution in [1.82, 2.24) is 20.5 Å². The number of urea groups is 1. The lowest BCUT2D eigenvalue weighted by molar-refractivity contribution is 0.0962. The molecule has 29 heavy (non-hydrogen) atoms. The SMILES string of the molecule is CNC(=O)c1cccc(NC(=O)NCc2ccc(N3CCN(C)CC3)nc2)c1C. The lowest BCUT2D eigenvalue weighted by atomic mass is 10.1. The fraction of sp³-hybridized carbons (Fsp3) is 0.381. The third-order valence-electron chi connectivity index (χ3n) is 5.14. The van der Waals surface area contributed by atoms with Crippen LogP contribution in [-0.4, -0.2) is 62.1 Å². The van der Waals surface area contributed by atoms with Gasteiger partial charge < -0.3 is 25.8 Å². The number of pyridine rings is 1. The molecule has 0 unspecified atom stereocenters. The maximum Gasteiger partial charge on any atom is 0.319 e. The predicted molar refractivity (Wildman–Crippen MR) is 114 cm³/mol. The molecule has 154 valence electrons. The quantitative estimate of drug-likeness (QED) is 0.717. The van der Waals surface area contributed by atoms with Crippen LogP contribution < -0.4 is 20.9 Å². The molecule has 0 bridgehead atoms. The molecule has 1 aliphatic rings. The molecule has 1 aromatic heterocycles. The number of amides is 3. The number of hydrogen-bond acceptors (Lipinski definition) is 5. The molecular weight excluding hydrogens is 368 g/mol. The number of nitrogens with one attached hydrogen (secondary N) is 3. The number of carbonyl (C=O) groups is 2. The Balaban J connectivity index is 1.54. The third-order valence-corrected chi connectivity index (χ3v) is 5.14. The fourth-order valence-electron chi connectivity index (χ4n) is 3.24. The predicted octanol–water partition coefficient (Wildman–Crippen LogP) is 1.82. The zero-order valence-electron chi connectivity index (χ0n) is 17.2. The molecule has 3 amide bonds. The van der Waals surface area contributed by atoms with E-state index in [2.05, 4.69) is 37.8 Å². The topological polar surface area (TPSA) is 89.6 Å². The van der Waals surface area contributed by atoms with Gasteiger partial charge in [0.25, 0.3) is 5.91 Å². The number of anilines is 2. The molecule has 0 atom stereocenters. The number of benzene rings is 1. The van der Waals surface area contributed by atoms with E-state index >= 15 is 0 Å². The summed E-state index contributed by atoms with van der Waals surface area (Å²) < 4.78 is 0. The molecule has 0 spiro atoms. The van der Waals surface area contributed by atoms with E-state index in [-0.39, 0.29) is 11.9 Å². The van der Waals surface area contributed by atoms with Crippen molar-refractivity contribution in [3.05, 3.63) is 53.2 Å². The van der Waals surface area contributed by atoms with Crippen LogP contribution in [0.1, 0.15) is 21.5 Å². The van der Waals surface area contributed by atoms with Crippen LogP contribution in [-0.2, 0) is 6.54 Å². The Bertz CT molecular complexity index is 860. The molecular formula is C21H28N6O2. The van der Waals surface area contributed by atoms with Crippen LogP contribution in [0.4, 0.5) is 16.3 Å². The number of hydrogen-bond donors (Lipinski definition) is 3. The van der Waals surface area contributed by atoms with Crippen molar-refractivity contribution in [3.8, 4) is 0 Å². The molecule has 1 saturated heterocycles. The number of likely N-dealkylation sites (N-methyl/N-ethyl adjacent to an activating group) is 1. The monoisotopic (exact) mass is 396 g/mol. The summed E-state index contributed by atoms with van der Waals surface area (Å²) in [5, 5.41) is 8.23. The van der Waals surface area contributed by atoms with Crippen molar-refractivity contribution in [2.24, 2.45) is 0 Å². The van der Waals surface area contributed by atoms with Gasteiger partial charge in [0, 0.05) is 57.2 Å². The average molecular weight is 396 g/mol. The summed E-state index contributed by atoms with van der Waals surface area (Å²) in [5.41, 5.74) is 2.79. The standard InChI is InChI=1S/C21H28N6O2/c1-15-17(20(28)22-2)5-4-6-18(15)25-21(29)24-14-16-7-8-19(23-13-16)27-11-9-26(3)10-12-27/h4-8,13H,9-12,14H2,1-3H3,(H,22,28)(H2,24,25,29). The van der Waals surface area contributed by atoms with E-state index in [4.69, 9.17) is 0 Å². The summed E-state index contributed by atoms with van der Waals surface area (Å²) in [6, 6.07) is 8.90. The summed E-state index contributed by atoms with van der Waals surface area (Å²) in [6.45, 7) is 6.19. The summed E-state index contributed by atoms with van der Waals surface area (Å²) in [6.07, 6.45) is 1.80. The highest BCUT2D eigenvalue weighted by molar-refractivity contribution is 5.98. The molecule has 8 heteroatoms. The van der Waals surface area contributed by atoms with Crippen molar-refractivity contribution >= 4 is 23.4 Å². The van der Waals surface area contributed by atoms with Crippen LogP contribution in [0.3, 0.4) is 0 Å². The van der Waals surface area contributed by atoms with Gasteiger partial charge in [0.15, 0.2) is 0 Å². The van der Waals surface area contributed by atoms with Gasteiger partial charge in [0.05, 0.1) is 0 Å². The number of aromatic nitrogens is 1. The summed E-state index contributed by atoms with van der Waals surface area (Å²) in [5.74, 6) is 0.783. The van der Waals surface area contributed by atoms with Gasteiger partial charge in [-0.05, 0) is 43.3 Å². The Labute approximate surface area is 171 Å². The highest BCUT2D eigenvalue weighted by Gasteiger charge is 2.15. The van der Waals surface area contributed by atoms with E-state index in [1.807, 2.05) is 12.1 Å². The zero-order chi connectivity index (χ0) is 20.8. The minimum atomic E-state index is -0.328. The molecule has 3 N–H and O–H groups in total. The van der Waals surface area contributed by atoms with Crippen molar-refractivity contribution in [1.29, 1.82) is 0 Å². The van der Waals surface area contributed by atoms with E-state index in [1.54, 1.807) is 38.4 Å². The maximum absolute atomic E-state index is 12.3. The molecule has 1 fully saturated rings. The van der Waals surface area contributed by atoms with Crippen molar-refractivity contribution < 1.29 is 9.59 Å². The molecule has 1 aromatic carbocycles. The molecule has 0 radical (unpaired) electrons. The minimum Gasteiger partial charge on any atom is -0.355 e. The van der Waals surface area contributed by atoms with Gasteiger partial charge in [-0.25, -0.2) is 9.78 Å². The lowest BCUT2D eigenvalue weighted by Crippen LogP contribution is -2.44. The second-order valence-corrected chi connectivity index (χ2v) is 7.18. The Morgan fingerprint density at radius 3 is 2.52 bits per heavy atom. The van der Waals surface area contributed by atoms with Crippen LogP contribution in [0.25, 0.3) is 0 Å². The fourth-order valence-corrected chi connectivity index (χ4v) is 3.24. The first-order chi connectivity index (χ1) is 14.0. The lowest BCUT2D eigenvalue weighted by Gasteiger charge is -2.33. The minimum absolute atomic E-state index is 0.182. The average Bonchev–Trinajstić information content (AvgIpc) is 2.74. The Morgan fingerprint density at radius 1 is 1.10 bits per heavy atom. The van der Waals surface area contributed by atoms with Crippen LogP contribution >= 0.6 is 0 Å². The summed E-state index contributed by atoms with van der Waals surface area (Å²) in [7, 11) is 3.71. The highest BCUT2D eigenvalue weighted by Crippen LogP contribution is 2.19. The molecule has 0 aliphatic carbocycles. The number of rotatable bonds is 5. The van der Waals surface area contributed by atoms with Crippen molar-refractivity contribution in [2.75, 3.05) is 50.5 Å². The van der Waals surface area contributed by atoms with Crippen molar-refractivity contribution in [2.45, 2.75) is 13.5 Å². The van der Waals surface area contributed by atoms with Gasteiger partial charge in [-0.1, -0.05) is 12.1 Å². The number of piperazine rings is 1. The van der Waals surface area contributed by atoms with E-state index in [9.17, 15) is 9.59 Å². The van der Waals surface area contributed by atoms with E-state index < -0.39 is 0 Å². The number of carbonyl (C=O) groups excluding carboxylic acids is 2. The molecule has 0 saturated carbocycles. The zero-order valence-corrected chi connectivity index (χ0v) is 17.2. The van der Waals surface area contributed by atoms with E-state index in [0.29, 0.717) is 17.8 Å². The van der Waals surface area contributed by atoms with Gasteiger partial charge in [0.2, 0.25) is 0 Å². The maximum atomic E-state index is 12.3. The first-order valence-electron chi connectivity index (χ1n) is 9.73. The van der Waals surface area contributed by atoms with E-state index in [0.717, 1.165) is 43.1 Å². The van der Waals surface area contributed by atoms with Crippen LogP contribution in [0.5, 0.6) is 0 Å². The number of nitrogens with zero attached hydrogens (tertiary/aromatic N) is 3. The Kier molecular flexibility index (Phi) is 6.66. The van der Waals surface area contributed by atoms with E-state index in [1.165, 1.54) is 0 Å². The van der Waals surface area contributed by atoms with Crippen LogP contribution in [0.15, 0.2) is 36.5 Å². The Hall–Kier alpha value is -3.13. The molecule has 8 nitrogen and oxygen atoms in total. The van der Waals surface area contributed by atoms with Crippen LogP contribution in [0.2, 0.25) is 0 Å². The smallest absolute Gasteiger partial charge is 0.319 e. The first kappa shape index (κ1) is 20.6. The third kappa shape index (κ3) is 5.23. The largest absolute Gasteiger partial charge is 0.355 e. The normalized spacial score (nSPS) is 14.4. The van der Waals surface area contributed by atoms with Gasteiger partial charge in [-0.3, -0.25) is 4.79 Å². The molecule has 2 aromatic rings. The molecule has 1 aliphatic heterocycles. The Morgan fingerprint density at radius 2 is 1.86 bits per heavy atom. The molecule has 3 rings (SSSR count). The summed E-state index contributed by atoms with van der Waals surface area (Å²) in [4.78, 5) is 33.3. The second kappa shape index (κ2) is 9.38. The second-order valence-electron chi connectivity index (χ2n) is 7.18. The van der Waals surface area contributed by atoms with Gasteiger partial charge in [-0.2, -0.15) is 0 Å². The van der Waals surface area contributed by atoms with Crippen molar-refractivity contribution in [3.63, 3.8) is 0 Å². The van der Waals surface area contributed by atoms with Crippen LogP contribution in [0, 0.1) is 6.92 Å². The highest BCUT2D eigenvalue weighted by atomic mass is 16.2.